The summed E-state index contributed by atoms with van der Waals surface area (Å²) in [4.78, 5) is 16.9. The molecule has 1 saturated heterocycles. The molecule has 0 unspecified atom stereocenters. The molecule has 0 aliphatic carbocycles. The number of sulfonamides is 1. The number of ether oxygens (including phenoxy) is 2. The van der Waals surface area contributed by atoms with Crippen LogP contribution in [0.3, 0.4) is 0 Å². The van der Waals surface area contributed by atoms with E-state index in [0.29, 0.717) is 40.9 Å². The van der Waals surface area contributed by atoms with Crippen molar-refractivity contribution in [3.63, 3.8) is 0 Å². The Labute approximate surface area is 181 Å². The molecule has 1 N–H and O–H groups in total. The van der Waals surface area contributed by atoms with E-state index in [9.17, 15) is 13.2 Å². The summed E-state index contributed by atoms with van der Waals surface area (Å²) in [6.07, 6.45) is 2.32. The number of carbonyl (C=O) groups excluding carboxylic acids is 1. The second-order valence-electron chi connectivity index (χ2n) is 7.09. The maximum absolute atomic E-state index is 12.8. The van der Waals surface area contributed by atoms with Gasteiger partial charge in [0.2, 0.25) is 5.91 Å². The summed E-state index contributed by atoms with van der Waals surface area (Å²) in [6.45, 7) is 2.24. The first-order valence-electron chi connectivity index (χ1n) is 9.40. The number of imidazole rings is 1. The second-order valence-corrected chi connectivity index (χ2v) is 9.38. The molecule has 1 aliphatic rings. The SMILES string of the molecule is COc1cc(NC(=O)C2CCN(S(=O)(=O)c3cn(C)c(C)n3)CC2)c(OC)cc1Cl. The molecule has 1 aromatic heterocycles. The fourth-order valence-electron chi connectivity index (χ4n) is 3.33. The number of nitrogens with zero attached hydrogens (tertiary/aromatic N) is 3. The first-order chi connectivity index (χ1) is 14.2. The minimum Gasteiger partial charge on any atom is -0.495 e. The van der Waals surface area contributed by atoms with Gasteiger partial charge in [0.1, 0.15) is 17.3 Å². The number of hydrogen-bond donors (Lipinski definition) is 1. The molecule has 0 saturated carbocycles. The van der Waals surface area contributed by atoms with Crippen LogP contribution in [0, 0.1) is 12.8 Å². The normalized spacial score (nSPS) is 15.8. The van der Waals surface area contributed by atoms with Gasteiger partial charge in [-0.3, -0.25) is 4.79 Å². The lowest BCUT2D eigenvalue weighted by molar-refractivity contribution is -0.120. The third kappa shape index (κ3) is 4.40. The monoisotopic (exact) mass is 456 g/mol. The molecule has 0 radical (unpaired) electrons. The smallest absolute Gasteiger partial charge is 0.262 e. The number of carbonyl (C=O) groups is 1. The van der Waals surface area contributed by atoms with Crippen LogP contribution in [0.2, 0.25) is 5.02 Å². The van der Waals surface area contributed by atoms with Crippen LogP contribution in [0.25, 0.3) is 0 Å². The van der Waals surface area contributed by atoms with Crippen LogP contribution in [-0.2, 0) is 21.9 Å². The fraction of sp³-hybridized carbons (Fsp3) is 0.474. The molecule has 3 rings (SSSR count). The molecule has 9 nitrogen and oxygen atoms in total. The summed E-state index contributed by atoms with van der Waals surface area (Å²) >= 11 is 6.10. The molecule has 2 heterocycles. The minimum atomic E-state index is -3.68. The van der Waals surface area contributed by atoms with E-state index in [4.69, 9.17) is 21.1 Å². The Morgan fingerprint density at radius 2 is 1.83 bits per heavy atom. The predicted octanol–water partition coefficient (Wildman–Crippen LogP) is 2.44. The number of aryl methyl sites for hydroxylation is 2. The van der Waals surface area contributed by atoms with Crippen LogP contribution in [0.1, 0.15) is 18.7 Å². The van der Waals surface area contributed by atoms with Gasteiger partial charge in [-0.25, -0.2) is 13.4 Å². The standard InChI is InChI=1S/C19H25ClN4O5S/c1-12-21-18(11-23(12)2)30(26,27)24-7-5-13(6-8-24)19(25)22-15-10-16(28-3)14(20)9-17(15)29-4/h9-11,13H,5-8H2,1-4H3,(H,22,25). The molecular weight excluding hydrogens is 432 g/mol. The van der Waals surface area contributed by atoms with Crippen molar-refractivity contribution in [2.45, 2.75) is 24.8 Å². The van der Waals surface area contributed by atoms with Gasteiger partial charge >= 0.3 is 0 Å². The van der Waals surface area contributed by atoms with Gasteiger partial charge in [-0.2, -0.15) is 4.31 Å². The van der Waals surface area contributed by atoms with Crippen LogP contribution in [-0.4, -0.2) is 55.5 Å². The van der Waals surface area contributed by atoms with Crippen molar-refractivity contribution >= 4 is 33.2 Å². The maximum atomic E-state index is 12.8. The third-order valence-corrected chi connectivity index (χ3v) is 7.31. The second kappa shape index (κ2) is 8.83. The van der Waals surface area contributed by atoms with E-state index in [2.05, 4.69) is 10.3 Å². The van der Waals surface area contributed by atoms with Gasteiger partial charge in [-0.15, -0.1) is 0 Å². The molecule has 0 bridgehead atoms. The first-order valence-corrected chi connectivity index (χ1v) is 11.2. The van der Waals surface area contributed by atoms with Gasteiger partial charge in [-0.05, 0) is 19.8 Å². The highest BCUT2D eigenvalue weighted by atomic mass is 35.5. The average molecular weight is 457 g/mol. The zero-order chi connectivity index (χ0) is 22.1. The zero-order valence-electron chi connectivity index (χ0n) is 17.3. The van der Waals surface area contributed by atoms with Crippen molar-refractivity contribution in [2.75, 3.05) is 32.6 Å². The van der Waals surface area contributed by atoms with E-state index in [-0.39, 0.29) is 29.9 Å². The topological polar surface area (TPSA) is 103 Å². The summed E-state index contributed by atoms with van der Waals surface area (Å²) in [5.74, 6) is 0.922. The largest absolute Gasteiger partial charge is 0.495 e. The molecular formula is C19H25ClN4O5S. The summed E-state index contributed by atoms with van der Waals surface area (Å²) in [5, 5.41) is 3.24. The van der Waals surface area contributed by atoms with Crippen molar-refractivity contribution < 1.29 is 22.7 Å². The number of halogens is 1. The zero-order valence-corrected chi connectivity index (χ0v) is 18.9. The van der Waals surface area contributed by atoms with Gasteiger partial charge in [0.15, 0.2) is 5.03 Å². The van der Waals surface area contributed by atoms with Crippen molar-refractivity contribution in [1.82, 2.24) is 13.9 Å². The Kier molecular flexibility index (Phi) is 6.59. The number of amides is 1. The molecule has 0 spiro atoms. The Hall–Kier alpha value is -2.30. The summed E-state index contributed by atoms with van der Waals surface area (Å²) < 4.78 is 39.2. The summed E-state index contributed by atoms with van der Waals surface area (Å²) in [6, 6.07) is 3.17. The summed E-state index contributed by atoms with van der Waals surface area (Å²) in [5.41, 5.74) is 0.447. The predicted molar refractivity (Wildman–Crippen MR) is 113 cm³/mol. The maximum Gasteiger partial charge on any atom is 0.262 e. The van der Waals surface area contributed by atoms with Crippen molar-refractivity contribution in [1.29, 1.82) is 0 Å². The highest BCUT2D eigenvalue weighted by Gasteiger charge is 2.33. The fourth-order valence-corrected chi connectivity index (χ4v) is 5.06. The number of anilines is 1. The lowest BCUT2D eigenvalue weighted by Gasteiger charge is -2.30. The van der Waals surface area contributed by atoms with Crippen LogP contribution in [0.4, 0.5) is 5.69 Å². The number of rotatable bonds is 6. The third-order valence-electron chi connectivity index (χ3n) is 5.25. The molecule has 164 valence electrons. The van der Waals surface area contributed by atoms with Crippen LogP contribution in [0.5, 0.6) is 11.5 Å². The molecule has 11 heteroatoms. The highest BCUT2D eigenvalue weighted by Crippen LogP contribution is 2.36. The van der Waals surface area contributed by atoms with Crippen molar-refractivity contribution in [3.8, 4) is 11.5 Å². The molecule has 2 aromatic rings. The van der Waals surface area contributed by atoms with Crippen LogP contribution in [0.15, 0.2) is 23.4 Å². The van der Waals surface area contributed by atoms with Crippen molar-refractivity contribution in [3.05, 3.63) is 29.2 Å². The quantitative estimate of drug-likeness (QED) is 0.716. The lowest BCUT2D eigenvalue weighted by atomic mass is 9.97. The van der Waals surface area contributed by atoms with Gasteiger partial charge in [0, 0.05) is 44.4 Å². The van der Waals surface area contributed by atoms with E-state index in [1.165, 1.54) is 24.7 Å². The van der Waals surface area contributed by atoms with E-state index in [0.717, 1.165) is 0 Å². The minimum absolute atomic E-state index is 0.0309. The van der Waals surface area contributed by atoms with E-state index >= 15 is 0 Å². The number of methoxy groups -OCH3 is 2. The highest BCUT2D eigenvalue weighted by molar-refractivity contribution is 7.89. The summed E-state index contributed by atoms with van der Waals surface area (Å²) in [7, 11) is 1.04. The van der Waals surface area contributed by atoms with E-state index in [1.807, 2.05) is 0 Å². The van der Waals surface area contributed by atoms with Gasteiger partial charge in [-0.1, -0.05) is 11.6 Å². The average Bonchev–Trinajstić information content (AvgIpc) is 3.08. The Morgan fingerprint density at radius 3 is 2.37 bits per heavy atom. The number of hydrogen-bond acceptors (Lipinski definition) is 6. The molecule has 1 aromatic carbocycles. The number of benzene rings is 1. The molecule has 1 fully saturated rings. The molecule has 0 atom stereocenters. The van der Waals surface area contributed by atoms with Crippen molar-refractivity contribution in [2.24, 2.45) is 13.0 Å². The Bertz CT molecular complexity index is 1030. The number of nitrogens with one attached hydrogen (secondary N) is 1. The van der Waals surface area contributed by atoms with Gasteiger partial charge in [0.25, 0.3) is 10.0 Å². The number of piperidine rings is 1. The number of aromatic nitrogens is 2. The van der Waals surface area contributed by atoms with Crippen LogP contribution >= 0.6 is 11.6 Å². The molecule has 1 aliphatic heterocycles. The first kappa shape index (κ1) is 22.4. The molecule has 30 heavy (non-hydrogen) atoms. The lowest BCUT2D eigenvalue weighted by Crippen LogP contribution is -2.41. The van der Waals surface area contributed by atoms with Crippen LogP contribution < -0.4 is 14.8 Å². The van der Waals surface area contributed by atoms with Gasteiger partial charge in [0.05, 0.1) is 24.9 Å². The van der Waals surface area contributed by atoms with E-state index < -0.39 is 10.0 Å². The van der Waals surface area contributed by atoms with E-state index in [1.54, 1.807) is 30.7 Å². The molecule has 1 amide bonds. The van der Waals surface area contributed by atoms with Gasteiger partial charge < -0.3 is 19.4 Å². The Balaban J connectivity index is 1.67. The Morgan fingerprint density at radius 1 is 1.20 bits per heavy atom.